The van der Waals surface area contributed by atoms with E-state index in [0.717, 1.165) is 39.0 Å². The fraction of sp³-hybridized carbons (Fsp3) is 0.250. The third kappa shape index (κ3) is 4.84. The number of nitrogens with zero attached hydrogens (tertiary/aromatic N) is 4. The first kappa shape index (κ1) is 27.7. The Balaban J connectivity index is 1.42. The Kier molecular flexibility index (Phi) is 7.30. The normalized spacial score (nSPS) is 17.0. The lowest BCUT2D eigenvalue weighted by molar-refractivity contribution is -0.144. The van der Waals surface area contributed by atoms with Crippen LogP contribution in [0.2, 0.25) is 5.02 Å². The van der Waals surface area contributed by atoms with E-state index in [1.165, 1.54) is 0 Å². The zero-order valence-corrected chi connectivity index (χ0v) is 24.1. The molecule has 0 saturated carbocycles. The molecule has 1 unspecified atom stereocenters. The summed E-state index contributed by atoms with van der Waals surface area (Å²) in [6.45, 7) is 4.49. The molecule has 2 aromatic heterocycles. The molecule has 214 valence electrons. The molecular formula is C32H31ClN6O3. The molecule has 9 nitrogen and oxygen atoms in total. The fourth-order valence-corrected chi connectivity index (χ4v) is 6.27. The second-order valence-corrected chi connectivity index (χ2v) is 11.0. The number of carbonyl (C=O) groups excluding carboxylic acids is 2. The standard InChI is InChI=1S/C32H31ClN6O3/c1-3-42-31(41)29(34)28-24-15-20(2)9-12-26(24)39-17-32(14-13-27(28)39,21-7-5-4-6-8-21)37-30(40)23-11-10-22(16-25(23)33)38-18-35-36-19-38/h4-12,15-16,18-19,29H,3,13-14,17,34H2,1-2H3,(H,37,40)/t29?,32-/m1/s1. The van der Waals surface area contributed by atoms with Gasteiger partial charge in [0.25, 0.3) is 5.91 Å². The average molecular weight is 583 g/mol. The van der Waals surface area contributed by atoms with Gasteiger partial charge in [0.15, 0.2) is 0 Å². The lowest BCUT2D eigenvalue weighted by Gasteiger charge is -2.40. The Morgan fingerprint density at radius 3 is 2.57 bits per heavy atom. The van der Waals surface area contributed by atoms with Crippen molar-refractivity contribution in [3.05, 3.63) is 112 Å². The maximum Gasteiger partial charge on any atom is 0.327 e. The van der Waals surface area contributed by atoms with Crippen LogP contribution < -0.4 is 11.1 Å². The van der Waals surface area contributed by atoms with E-state index in [2.05, 4.69) is 32.2 Å². The van der Waals surface area contributed by atoms with Crippen molar-refractivity contribution in [2.75, 3.05) is 6.61 Å². The number of fused-ring (bicyclic) bond motifs is 3. The third-order valence-corrected chi connectivity index (χ3v) is 8.34. The van der Waals surface area contributed by atoms with Crippen molar-refractivity contribution in [2.45, 2.75) is 44.8 Å². The van der Waals surface area contributed by atoms with Crippen LogP contribution in [0.25, 0.3) is 16.6 Å². The minimum absolute atomic E-state index is 0.255. The Hall–Kier alpha value is -4.47. The van der Waals surface area contributed by atoms with Gasteiger partial charge >= 0.3 is 5.97 Å². The summed E-state index contributed by atoms with van der Waals surface area (Å²) in [5, 5.41) is 12.3. The number of amides is 1. The maximum absolute atomic E-state index is 13.9. The summed E-state index contributed by atoms with van der Waals surface area (Å²) in [6, 6.07) is 20.5. The van der Waals surface area contributed by atoms with Crippen molar-refractivity contribution < 1.29 is 14.3 Å². The lowest BCUT2D eigenvalue weighted by atomic mass is 9.81. The molecule has 0 aliphatic carbocycles. The number of ether oxygens (including phenoxy) is 1. The Morgan fingerprint density at radius 2 is 1.86 bits per heavy atom. The quantitative estimate of drug-likeness (QED) is 0.260. The number of nitrogens with one attached hydrogen (secondary N) is 1. The van der Waals surface area contributed by atoms with Crippen molar-refractivity contribution in [3.8, 4) is 5.69 Å². The van der Waals surface area contributed by atoms with Crippen LogP contribution in [0.3, 0.4) is 0 Å². The first-order valence-corrected chi connectivity index (χ1v) is 14.3. The Labute approximate surface area is 248 Å². The molecule has 0 bridgehead atoms. The summed E-state index contributed by atoms with van der Waals surface area (Å²) in [5.74, 6) is -0.731. The zero-order chi connectivity index (χ0) is 29.4. The molecule has 10 heteroatoms. The second kappa shape index (κ2) is 11.1. The molecule has 1 amide bonds. The molecule has 42 heavy (non-hydrogen) atoms. The molecule has 6 rings (SSSR count). The van der Waals surface area contributed by atoms with Gasteiger partial charge < -0.3 is 20.4 Å². The molecule has 3 heterocycles. The van der Waals surface area contributed by atoms with Crippen LogP contribution in [0, 0.1) is 6.92 Å². The predicted molar refractivity (Wildman–Crippen MR) is 161 cm³/mol. The monoisotopic (exact) mass is 582 g/mol. The van der Waals surface area contributed by atoms with Crippen molar-refractivity contribution >= 4 is 34.4 Å². The van der Waals surface area contributed by atoms with Crippen LogP contribution in [0.5, 0.6) is 0 Å². The van der Waals surface area contributed by atoms with Gasteiger partial charge in [0.05, 0.1) is 29.3 Å². The highest BCUT2D eigenvalue weighted by atomic mass is 35.5. The summed E-state index contributed by atoms with van der Waals surface area (Å²) in [7, 11) is 0. The molecule has 2 atom stereocenters. The topological polar surface area (TPSA) is 117 Å². The van der Waals surface area contributed by atoms with Gasteiger partial charge in [-0.1, -0.05) is 53.6 Å². The molecular weight excluding hydrogens is 552 g/mol. The molecule has 0 radical (unpaired) electrons. The average Bonchev–Trinajstić information content (AvgIpc) is 3.63. The van der Waals surface area contributed by atoms with Crippen LogP contribution >= 0.6 is 11.6 Å². The van der Waals surface area contributed by atoms with E-state index in [1.54, 1.807) is 36.3 Å². The van der Waals surface area contributed by atoms with E-state index in [1.807, 2.05) is 49.4 Å². The highest BCUT2D eigenvalue weighted by Crippen LogP contribution is 2.41. The Bertz CT molecular complexity index is 1780. The number of esters is 1. The molecule has 1 aliphatic rings. The smallest absolute Gasteiger partial charge is 0.327 e. The first-order chi connectivity index (χ1) is 20.3. The first-order valence-electron chi connectivity index (χ1n) is 13.9. The number of aryl methyl sites for hydroxylation is 1. The van der Waals surface area contributed by atoms with Crippen molar-refractivity contribution in [2.24, 2.45) is 5.73 Å². The number of benzene rings is 3. The molecule has 1 aliphatic heterocycles. The van der Waals surface area contributed by atoms with Gasteiger partial charge in [-0.15, -0.1) is 10.2 Å². The summed E-state index contributed by atoms with van der Waals surface area (Å²) in [4.78, 5) is 26.7. The maximum atomic E-state index is 13.9. The van der Waals surface area contributed by atoms with Gasteiger partial charge in [-0.05, 0) is 62.6 Å². The molecule has 3 N–H and O–H groups in total. The molecule has 5 aromatic rings. The van der Waals surface area contributed by atoms with Crippen LogP contribution in [0.15, 0.2) is 79.4 Å². The van der Waals surface area contributed by atoms with Gasteiger partial charge in [0.2, 0.25) is 0 Å². The summed E-state index contributed by atoms with van der Waals surface area (Å²) in [5.41, 5.74) is 11.7. The van der Waals surface area contributed by atoms with E-state index in [9.17, 15) is 9.59 Å². The number of carbonyl (C=O) groups is 2. The SMILES string of the molecule is CCOC(=O)C(N)c1c2n(c3ccc(C)cc13)C[C@@](NC(=O)c1ccc(-n3cnnc3)cc1Cl)(c1ccccc1)CC2. The zero-order valence-electron chi connectivity index (χ0n) is 23.4. The highest BCUT2D eigenvalue weighted by Gasteiger charge is 2.41. The van der Waals surface area contributed by atoms with Gasteiger partial charge in [-0.2, -0.15) is 0 Å². The van der Waals surface area contributed by atoms with Crippen LogP contribution in [-0.4, -0.2) is 37.8 Å². The highest BCUT2D eigenvalue weighted by molar-refractivity contribution is 6.34. The minimum Gasteiger partial charge on any atom is -0.465 e. The molecule has 0 saturated heterocycles. The lowest BCUT2D eigenvalue weighted by Crippen LogP contribution is -2.51. The van der Waals surface area contributed by atoms with E-state index >= 15 is 0 Å². The number of rotatable bonds is 7. The molecule has 0 spiro atoms. The van der Waals surface area contributed by atoms with Crippen molar-refractivity contribution in [3.63, 3.8) is 0 Å². The van der Waals surface area contributed by atoms with Gasteiger partial charge in [0, 0.05) is 27.8 Å². The number of aromatic nitrogens is 4. The number of hydrogen-bond acceptors (Lipinski definition) is 6. The molecule has 0 fully saturated rings. The Morgan fingerprint density at radius 1 is 1.10 bits per heavy atom. The van der Waals surface area contributed by atoms with Crippen molar-refractivity contribution in [1.82, 2.24) is 24.6 Å². The van der Waals surface area contributed by atoms with E-state index in [-0.39, 0.29) is 12.5 Å². The number of halogens is 1. The van der Waals surface area contributed by atoms with E-state index in [4.69, 9.17) is 22.1 Å². The van der Waals surface area contributed by atoms with Crippen molar-refractivity contribution in [1.29, 1.82) is 0 Å². The predicted octanol–water partition coefficient (Wildman–Crippen LogP) is 5.02. The number of nitrogens with two attached hydrogens (primary N) is 1. The largest absolute Gasteiger partial charge is 0.465 e. The van der Waals surface area contributed by atoms with Gasteiger partial charge in [-0.25, -0.2) is 4.79 Å². The third-order valence-electron chi connectivity index (χ3n) is 8.03. The van der Waals surface area contributed by atoms with Crippen LogP contribution in [0.4, 0.5) is 0 Å². The second-order valence-electron chi connectivity index (χ2n) is 10.6. The van der Waals surface area contributed by atoms with Crippen LogP contribution in [0.1, 0.15) is 52.1 Å². The minimum atomic E-state index is -0.910. The summed E-state index contributed by atoms with van der Waals surface area (Å²) in [6.07, 6.45) is 4.32. The summed E-state index contributed by atoms with van der Waals surface area (Å²) < 4.78 is 9.21. The van der Waals surface area contributed by atoms with E-state index < -0.39 is 17.6 Å². The molecule has 3 aromatic carbocycles. The fourth-order valence-electron chi connectivity index (χ4n) is 6.01. The van der Waals surface area contributed by atoms with Gasteiger partial charge in [0.1, 0.15) is 18.7 Å². The van der Waals surface area contributed by atoms with E-state index in [0.29, 0.717) is 30.0 Å². The summed E-state index contributed by atoms with van der Waals surface area (Å²) >= 11 is 6.64. The number of hydrogen-bond donors (Lipinski definition) is 2. The van der Waals surface area contributed by atoms with Crippen LogP contribution in [-0.2, 0) is 28.0 Å². The van der Waals surface area contributed by atoms with Gasteiger partial charge in [-0.3, -0.25) is 9.36 Å².